The van der Waals surface area contributed by atoms with Gasteiger partial charge in [-0.1, -0.05) is 24.3 Å². The topological polar surface area (TPSA) is 67.4 Å². The van der Waals surface area contributed by atoms with Gasteiger partial charge in [-0.05, 0) is 12.1 Å². The molecule has 1 aromatic carbocycles. The zero-order chi connectivity index (χ0) is 15.1. The SMILES string of the molecule is Cn1nc(-c2ccc3ccc4cccnc4c3n2)cc1C#N. The van der Waals surface area contributed by atoms with Crippen molar-refractivity contribution in [2.45, 2.75) is 0 Å². The Morgan fingerprint density at radius 3 is 2.55 bits per heavy atom. The Balaban J connectivity index is 1.99. The predicted octanol–water partition coefficient (Wildman–Crippen LogP) is 3.06. The summed E-state index contributed by atoms with van der Waals surface area (Å²) in [5.41, 5.74) is 3.66. The van der Waals surface area contributed by atoms with E-state index in [0.29, 0.717) is 11.4 Å². The first-order valence-corrected chi connectivity index (χ1v) is 6.85. The Labute approximate surface area is 126 Å². The molecular formula is C17H11N5. The van der Waals surface area contributed by atoms with E-state index in [1.807, 2.05) is 36.4 Å². The summed E-state index contributed by atoms with van der Waals surface area (Å²) in [6, 6.07) is 15.8. The molecule has 0 bridgehead atoms. The van der Waals surface area contributed by atoms with Crippen molar-refractivity contribution in [2.24, 2.45) is 7.05 Å². The van der Waals surface area contributed by atoms with Crippen LogP contribution in [-0.2, 0) is 7.05 Å². The molecule has 0 saturated carbocycles. The molecule has 3 heterocycles. The molecule has 104 valence electrons. The van der Waals surface area contributed by atoms with Crippen molar-refractivity contribution in [1.29, 1.82) is 5.26 Å². The summed E-state index contributed by atoms with van der Waals surface area (Å²) >= 11 is 0. The van der Waals surface area contributed by atoms with Crippen LogP contribution in [-0.4, -0.2) is 19.7 Å². The van der Waals surface area contributed by atoms with Crippen LogP contribution in [0.4, 0.5) is 0 Å². The van der Waals surface area contributed by atoms with Crippen LogP contribution >= 0.6 is 0 Å². The third-order valence-corrected chi connectivity index (χ3v) is 3.69. The van der Waals surface area contributed by atoms with Crippen LogP contribution < -0.4 is 0 Å². The minimum absolute atomic E-state index is 0.507. The second-order valence-corrected chi connectivity index (χ2v) is 5.06. The van der Waals surface area contributed by atoms with Crippen LogP contribution in [0.15, 0.2) is 48.7 Å². The number of benzene rings is 1. The number of nitrogens with zero attached hydrogens (tertiary/aromatic N) is 5. The maximum atomic E-state index is 9.05. The van der Waals surface area contributed by atoms with Crippen molar-refractivity contribution >= 4 is 21.8 Å². The molecule has 0 N–H and O–H groups in total. The summed E-state index contributed by atoms with van der Waals surface area (Å²) in [6.07, 6.45) is 1.77. The Hall–Kier alpha value is -3.26. The van der Waals surface area contributed by atoms with Gasteiger partial charge in [-0.25, -0.2) is 4.98 Å². The first-order valence-electron chi connectivity index (χ1n) is 6.85. The van der Waals surface area contributed by atoms with Crippen molar-refractivity contribution in [3.63, 3.8) is 0 Å². The first-order chi connectivity index (χ1) is 10.8. The van der Waals surface area contributed by atoms with E-state index >= 15 is 0 Å². The summed E-state index contributed by atoms with van der Waals surface area (Å²) in [4.78, 5) is 9.16. The van der Waals surface area contributed by atoms with E-state index in [4.69, 9.17) is 10.2 Å². The molecule has 0 spiro atoms. The summed E-state index contributed by atoms with van der Waals surface area (Å²) < 4.78 is 1.56. The Bertz CT molecular complexity index is 1060. The fourth-order valence-corrected chi connectivity index (χ4v) is 2.56. The minimum atomic E-state index is 0.507. The van der Waals surface area contributed by atoms with E-state index in [-0.39, 0.29) is 0 Å². The highest BCUT2D eigenvalue weighted by atomic mass is 15.3. The van der Waals surface area contributed by atoms with Gasteiger partial charge in [0.2, 0.25) is 0 Å². The lowest BCUT2D eigenvalue weighted by molar-refractivity contribution is 0.758. The van der Waals surface area contributed by atoms with E-state index in [0.717, 1.165) is 27.5 Å². The van der Waals surface area contributed by atoms with Gasteiger partial charge in [0.25, 0.3) is 0 Å². The van der Waals surface area contributed by atoms with Crippen molar-refractivity contribution in [3.05, 3.63) is 54.4 Å². The maximum Gasteiger partial charge on any atom is 0.138 e. The van der Waals surface area contributed by atoms with Crippen LogP contribution in [0.25, 0.3) is 33.2 Å². The molecule has 0 unspecified atom stereocenters. The molecule has 5 nitrogen and oxygen atoms in total. The highest BCUT2D eigenvalue weighted by Gasteiger charge is 2.10. The summed E-state index contributed by atoms with van der Waals surface area (Å²) in [7, 11) is 1.75. The van der Waals surface area contributed by atoms with Gasteiger partial charge in [0.05, 0.1) is 16.7 Å². The smallest absolute Gasteiger partial charge is 0.138 e. The maximum absolute atomic E-state index is 9.05. The van der Waals surface area contributed by atoms with Crippen LogP contribution in [0.2, 0.25) is 0 Å². The second-order valence-electron chi connectivity index (χ2n) is 5.06. The van der Waals surface area contributed by atoms with Crippen molar-refractivity contribution in [3.8, 4) is 17.5 Å². The van der Waals surface area contributed by atoms with Crippen molar-refractivity contribution < 1.29 is 0 Å². The van der Waals surface area contributed by atoms with Crippen LogP contribution in [0.3, 0.4) is 0 Å². The van der Waals surface area contributed by atoms with E-state index in [1.165, 1.54) is 0 Å². The second kappa shape index (κ2) is 4.64. The third-order valence-electron chi connectivity index (χ3n) is 3.69. The average Bonchev–Trinajstić information content (AvgIpc) is 2.95. The van der Waals surface area contributed by atoms with Gasteiger partial charge >= 0.3 is 0 Å². The normalized spacial score (nSPS) is 10.9. The molecule has 4 aromatic rings. The molecule has 22 heavy (non-hydrogen) atoms. The highest BCUT2D eigenvalue weighted by molar-refractivity contribution is 6.03. The number of aromatic nitrogens is 4. The van der Waals surface area contributed by atoms with E-state index in [9.17, 15) is 0 Å². The highest BCUT2D eigenvalue weighted by Crippen LogP contribution is 2.25. The van der Waals surface area contributed by atoms with Crippen LogP contribution in [0.5, 0.6) is 0 Å². The quantitative estimate of drug-likeness (QED) is 0.504. The fourth-order valence-electron chi connectivity index (χ4n) is 2.56. The Morgan fingerprint density at radius 2 is 1.77 bits per heavy atom. The molecule has 0 aliphatic heterocycles. The Morgan fingerprint density at radius 1 is 1.00 bits per heavy atom. The Kier molecular flexibility index (Phi) is 2.63. The number of hydrogen-bond acceptors (Lipinski definition) is 4. The summed E-state index contributed by atoms with van der Waals surface area (Å²) in [5, 5.41) is 15.5. The molecule has 0 atom stereocenters. The zero-order valence-electron chi connectivity index (χ0n) is 11.9. The van der Waals surface area contributed by atoms with Gasteiger partial charge in [-0.2, -0.15) is 10.4 Å². The van der Waals surface area contributed by atoms with Crippen LogP contribution in [0.1, 0.15) is 5.69 Å². The number of rotatable bonds is 1. The molecule has 0 aliphatic rings. The third kappa shape index (κ3) is 1.82. The molecule has 3 aromatic heterocycles. The van der Waals surface area contributed by atoms with Gasteiger partial charge in [-0.3, -0.25) is 9.67 Å². The molecule has 0 aliphatic carbocycles. The lowest BCUT2D eigenvalue weighted by Gasteiger charge is -2.04. The lowest BCUT2D eigenvalue weighted by Crippen LogP contribution is -1.94. The largest absolute Gasteiger partial charge is 0.257 e. The van der Waals surface area contributed by atoms with Gasteiger partial charge < -0.3 is 0 Å². The van der Waals surface area contributed by atoms with Crippen LogP contribution in [0, 0.1) is 11.3 Å². The zero-order valence-corrected chi connectivity index (χ0v) is 11.9. The number of aryl methyl sites for hydroxylation is 1. The number of nitriles is 1. The molecule has 0 radical (unpaired) electrons. The predicted molar refractivity (Wildman–Crippen MR) is 84.0 cm³/mol. The van der Waals surface area contributed by atoms with Crippen molar-refractivity contribution in [2.75, 3.05) is 0 Å². The molecule has 0 saturated heterocycles. The van der Waals surface area contributed by atoms with Gasteiger partial charge in [-0.15, -0.1) is 0 Å². The van der Waals surface area contributed by atoms with E-state index in [1.54, 1.807) is 24.0 Å². The monoisotopic (exact) mass is 285 g/mol. The number of hydrogen-bond donors (Lipinski definition) is 0. The van der Waals surface area contributed by atoms with Gasteiger partial charge in [0.15, 0.2) is 0 Å². The van der Waals surface area contributed by atoms with Gasteiger partial charge in [0.1, 0.15) is 17.5 Å². The fraction of sp³-hybridized carbons (Fsp3) is 0.0588. The van der Waals surface area contributed by atoms with Crippen molar-refractivity contribution in [1.82, 2.24) is 19.7 Å². The van der Waals surface area contributed by atoms with E-state index < -0.39 is 0 Å². The number of fused-ring (bicyclic) bond motifs is 3. The number of pyridine rings is 2. The first kappa shape index (κ1) is 12.5. The molecule has 0 amide bonds. The van der Waals surface area contributed by atoms with E-state index in [2.05, 4.69) is 16.2 Å². The average molecular weight is 285 g/mol. The molecule has 0 fully saturated rings. The molecular weight excluding hydrogens is 274 g/mol. The lowest BCUT2D eigenvalue weighted by atomic mass is 10.1. The van der Waals surface area contributed by atoms with Gasteiger partial charge in [0, 0.05) is 30.1 Å². The standard InChI is InChI=1S/C17H11N5/c1-22-13(10-18)9-15(21-22)14-7-6-12-5-4-11-3-2-8-19-16(11)17(12)20-14/h2-9H,1H3. The summed E-state index contributed by atoms with van der Waals surface area (Å²) in [6.45, 7) is 0. The molecule has 5 heteroatoms. The molecule has 4 rings (SSSR count). The summed E-state index contributed by atoms with van der Waals surface area (Å²) in [5.74, 6) is 0. The minimum Gasteiger partial charge on any atom is -0.257 e.